The van der Waals surface area contributed by atoms with Crippen molar-refractivity contribution in [2.45, 2.75) is 39.5 Å². The van der Waals surface area contributed by atoms with E-state index in [1.807, 2.05) is 12.1 Å². The normalized spacial score (nSPS) is 18.1. The third kappa shape index (κ3) is 4.72. The highest BCUT2D eigenvalue weighted by Crippen LogP contribution is 2.34. The summed E-state index contributed by atoms with van der Waals surface area (Å²) in [6.45, 7) is 8.40. The molecule has 0 saturated carbocycles. The van der Waals surface area contributed by atoms with Gasteiger partial charge in [-0.1, -0.05) is 83.9 Å². The first-order valence-corrected chi connectivity index (χ1v) is 10.8. The van der Waals surface area contributed by atoms with Gasteiger partial charge in [0, 0.05) is 31.2 Å². The molecule has 3 aromatic carbocycles. The van der Waals surface area contributed by atoms with Crippen LogP contribution in [0.15, 0.2) is 72.8 Å². The van der Waals surface area contributed by atoms with Crippen molar-refractivity contribution in [2.24, 2.45) is 0 Å². The molecule has 3 aromatic rings. The van der Waals surface area contributed by atoms with Crippen LogP contribution >= 0.6 is 11.6 Å². The van der Waals surface area contributed by atoms with Gasteiger partial charge in [0.25, 0.3) is 0 Å². The van der Waals surface area contributed by atoms with E-state index < -0.39 is 0 Å². The van der Waals surface area contributed by atoms with Gasteiger partial charge in [0.15, 0.2) is 0 Å². The molecule has 1 fully saturated rings. The number of rotatable bonds is 5. The number of hydrogen-bond acceptors (Lipinski definition) is 2. The molecule has 1 atom stereocenters. The Bertz CT molecular complexity index is 968. The van der Waals surface area contributed by atoms with E-state index in [2.05, 4.69) is 84.3 Å². The molecule has 1 aliphatic heterocycles. The van der Waals surface area contributed by atoms with Gasteiger partial charge in [0.2, 0.25) is 0 Å². The summed E-state index contributed by atoms with van der Waals surface area (Å²) in [5.74, 6) is 0. The Labute approximate surface area is 179 Å². The van der Waals surface area contributed by atoms with Crippen molar-refractivity contribution in [1.29, 1.82) is 0 Å². The van der Waals surface area contributed by atoms with Crippen molar-refractivity contribution < 1.29 is 0 Å². The van der Waals surface area contributed by atoms with Crippen LogP contribution in [0.4, 0.5) is 0 Å². The summed E-state index contributed by atoms with van der Waals surface area (Å²) >= 11 is 6.51. The summed E-state index contributed by atoms with van der Waals surface area (Å²) in [5, 5.41) is 0.854. The lowest BCUT2D eigenvalue weighted by molar-refractivity contribution is -0.00944. The maximum Gasteiger partial charge on any atom is 0.0894 e. The zero-order valence-corrected chi connectivity index (χ0v) is 18.1. The summed E-state index contributed by atoms with van der Waals surface area (Å²) in [4.78, 5) is 5.21. The summed E-state index contributed by atoms with van der Waals surface area (Å²) in [6.07, 6.45) is 1.42. The van der Waals surface area contributed by atoms with Gasteiger partial charge >= 0.3 is 0 Å². The topological polar surface area (TPSA) is 6.48 Å². The van der Waals surface area contributed by atoms with Gasteiger partial charge in [-0.25, -0.2) is 0 Å². The van der Waals surface area contributed by atoms with Gasteiger partial charge in [0.05, 0.1) is 6.17 Å². The largest absolute Gasteiger partial charge is 0.280 e. The zero-order chi connectivity index (χ0) is 20.2. The van der Waals surface area contributed by atoms with Crippen molar-refractivity contribution in [3.8, 4) is 0 Å². The smallest absolute Gasteiger partial charge is 0.0894 e. The summed E-state index contributed by atoms with van der Waals surface area (Å²) in [5.41, 5.74) is 6.64. The van der Waals surface area contributed by atoms with E-state index in [4.69, 9.17) is 11.6 Å². The number of halogens is 1. The number of hydrogen-bond donors (Lipinski definition) is 0. The van der Waals surface area contributed by atoms with Crippen molar-refractivity contribution >= 4 is 11.6 Å². The van der Waals surface area contributed by atoms with E-state index in [9.17, 15) is 0 Å². The molecule has 2 nitrogen and oxygen atoms in total. The van der Waals surface area contributed by atoms with E-state index in [0.29, 0.717) is 0 Å². The van der Waals surface area contributed by atoms with Crippen LogP contribution in [0.3, 0.4) is 0 Å². The molecule has 1 aliphatic rings. The number of benzene rings is 3. The molecule has 0 amide bonds. The molecule has 29 heavy (non-hydrogen) atoms. The Morgan fingerprint density at radius 3 is 2.31 bits per heavy atom. The summed E-state index contributed by atoms with van der Waals surface area (Å²) < 4.78 is 0. The minimum atomic E-state index is 0.252. The Hall–Kier alpha value is -2.13. The summed E-state index contributed by atoms with van der Waals surface area (Å²) in [6, 6.07) is 25.9. The van der Waals surface area contributed by atoms with Crippen LogP contribution in [0.2, 0.25) is 5.02 Å². The minimum absolute atomic E-state index is 0.252. The summed E-state index contributed by atoms with van der Waals surface area (Å²) in [7, 11) is 0. The molecule has 0 unspecified atom stereocenters. The molecule has 1 saturated heterocycles. The van der Waals surface area contributed by atoms with Crippen LogP contribution in [-0.2, 0) is 13.1 Å². The van der Waals surface area contributed by atoms with Gasteiger partial charge in [-0.15, -0.1) is 0 Å². The van der Waals surface area contributed by atoms with Crippen molar-refractivity contribution in [1.82, 2.24) is 9.80 Å². The van der Waals surface area contributed by atoms with Crippen LogP contribution in [0.1, 0.15) is 40.4 Å². The van der Waals surface area contributed by atoms with Crippen molar-refractivity contribution in [3.63, 3.8) is 0 Å². The Morgan fingerprint density at radius 2 is 1.55 bits per heavy atom. The van der Waals surface area contributed by atoms with E-state index in [1.165, 1.54) is 34.2 Å². The Morgan fingerprint density at radius 1 is 0.828 bits per heavy atom. The highest BCUT2D eigenvalue weighted by Gasteiger charge is 2.31. The van der Waals surface area contributed by atoms with Crippen LogP contribution in [0.25, 0.3) is 0 Å². The van der Waals surface area contributed by atoms with Gasteiger partial charge in [-0.05, 0) is 48.6 Å². The molecule has 0 spiro atoms. The molecule has 4 rings (SSSR count). The lowest BCUT2D eigenvalue weighted by atomic mass is 10.00. The molecule has 3 heteroatoms. The lowest BCUT2D eigenvalue weighted by Gasteiger charge is -2.45. The van der Waals surface area contributed by atoms with Gasteiger partial charge < -0.3 is 0 Å². The third-order valence-corrected chi connectivity index (χ3v) is 6.22. The number of aryl methyl sites for hydroxylation is 2. The fourth-order valence-corrected chi connectivity index (χ4v) is 4.64. The fraction of sp³-hybridized carbons (Fsp3) is 0.308. The number of nitrogens with zero attached hydrogens (tertiary/aromatic N) is 2. The quantitative estimate of drug-likeness (QED) is 0.487. The predicted molar refractivity (Wildman–Crippen MR) is 122 cm³/mol. The van der Waals surface area contributed by atoms with Crippen molar-refractivity contribution in [2.75, 3.05) is 13.1 Å². The molecular weight excluding hydrogens is 376 g/mol. The van der Waals surface area contributed by atoms with Crippen LogP contribution < -0.4 is 0 Å². The van der Waals surface area contributed by atoms with Crippen molar-refractivity contribution in [3.05, 3.63) is 106 Å². The first-order chi connectivity index (χ1) is 14.1. The molecule has 0 bridgehead atoms. The lowest BCUT2D eigenvalue weighted by Crippen LogP contribution is -2.47. The average molecular weight is 405 g/mol. The predicted octanol–water partition coefficient (Wildman–Crippen LogP) is 6.36. The maximum atomic E-state index is 6.51. The highest BCUT2D eigenvalue weighted by atomic mass is 35.5. The second kappa shape index (κ2) is 9.13. The van der Waals surface area contributed by atoms with Crippen LogP contribution in [0.5, 0.6) is 0 Å². The van der Waals surface area contributed by atoms with E-state index in [-0.39, 0.29) is 6.17 Å². The zero-order valence-electron chi connectivity index (χ0n) is 17.3. The SMILES string of the molecule is Cc1cccc(CN2CCCN(Cc3ccccc3Cl)[C@H]2c2ccccc2C)c1. The van der Waals surface area contributed by atoms with Crippen LogP contribution in [-0.4, -0.2) is 22.9 Å². The standard InChI is InChI=1S/C26H29ClN2/c1-20-9-7-11-22(17-20)18-28-15-8-16-29(19-23-12-4-6-14-25(23)27)26(28)24-13-5-3-10-21(24)2/h3-7,9-14,17,26H,8,15-16,18-19H2,1-2H3/t26-/m0/s1. The second-order valence-electron chi connectivity index (χ2n) is 8.11. The fourth-order valence-electron chi connectivity index (χ4n) is 4.44. The van der Waals surface area contributed by atoms with Gasteiger partial charge in [0.1, 0.15) is 0 Å². The maximum absolute atomic E-state index is 6.51. The second-order valence-corrected chi connectivity index (χ2v) is 8.51. The molecule has 1 heterocycles. The molecule has 0 N–H and O–H groups in total. The minimum Gasteiger partial charge on any atom is -0.280 e. The molecule has 0 aliphatic carbocycles. The van der Waals surface area contributed by atoms with Crippen LogP contribution in [0, 0.1) is 13.8 Å². The Balaban J connectivity index is 1.68. The third-order valence-electron chi connectivity index (χ3n) is 5.85. The molecule has 150 valence electrons. The highest BCUT2D eigenvalue weighted by molar-refractivity contribution is 6.31. The van der Waals surface area contributed by atoms with Gasteiger partial charge in [-0.2, -0.15) is 0 Å². The first kappa shape index (κ1) is 20.2. The molecule has 0 aromatic heterocycles. The average Bonchev–Trinajstić information content (AvgIpc) is 2.71. The monoisotopic (exact) mass is 404 g/mol. The van der Waals surface area contributed by atoms with E-state index in [1.54, 1.807) is 0 Å². The van der Waals surface area contributed by atoms with Gasteiger partial charge in [-0.3, -0.25) is 9.80 Å². The Kier molecular flexibility index (Phi) is 6.34. The molecule has 0 radical (unpaired) electrons. The first-order valence-electron chi connectivity index (χ1n) is 10.4. The molecular formula is C26H29ClN2. The van der Waals surface area contributed by atoms with E-state index >= 15 is 0 Å². The van der Waals surface area contributed by atoms with E-state index in [0.717, 1.165) is 31.2 Å².